The van der Waals surface area contributed by atoms with E-state index in [0.717, 1.165) is 0 Å². The number of rotatable bonds is 5. The molecule has 3 aromatic rings. The second-order valence-electron chi connectivity index (χ2n) is 7.05. The topological polar surface area (TPSA) is 118 Å². The number of nitrogens with zero attached hydrogens (tertiary/aromatic N) is 6. The molecule has 0 aromatic carbocycles. The zero-order valence-electron chi connectivity index (χ0n) is 16.0. The monoisotopic (exact) mass is 445 g/mol. The molecule has 0 aliphatic carbocycles. The van der Waals surface area contributed by atoms with Gasteiger partial charge in [0.2, 0.25) is 15.9 Å². The van der Waals surface area contributed by atoms with Gasteiger partial charge in [-0.05, 0) is 26.3 Å². The number of aromatic amines is 1. The molecule has 1 fully saturated rings. The van der Waals surface area contributed by atoms with Crippen LogP contribution in [-0.2, 0) is 16.2 Å². The average molecular weight is 445 g/mol. The minimum Gasteiger partial charge on any atom is -0.476 e. The van der Waals surface area contributed by atoms with Crippen LogP contribution >= 0.6 is 0 Å². The zero-order chi connectivity index (χ0) is 21.7. The van der Waals surface area contributed by atoms with E-state index in [0.29, 0.717) is 28.9 Å². The van der Waals surface area contributed by atoms with Gasteiger partial charge in [-0.1, -0.05) is 0 Å². The summed E-state index contributed by atoms with van der Waals surface area (Å²) in [6, 6.07) is 2.71. The SMILES string of the molecule is Cc1n[nH]c(C)c1S(=O)(=O)N1CCC(COc2ccc3nnc(C(F)(F)F)n3n2)C1. The first kappa shape index (κ1) is 20.5. The first-order valence-corrected chi connectivity index (χ1v) is 10.5. The van der Waals surface area contributed by atoms with Crippen molar-refractivity contribution in [3.8, 4) is 5.88 Å². The smallest absolute Gasteiger partial charge is 0.453 e. The Labute approximate surface area is 169 Å². The van der Waals surface area contributed by atoms with Gasteiger partial charge >= 0.3 is 6.18 Å². The Hall–Kier alpha value is -2.74. The quantitative estimate of drug-likeness (QED) is 0.633. The molecule has 0 saturated carbocycles. The van der Waals surface area contributed by atoms with E-state index in [9.17, 15) is 21.6 Å². The maximum atomic E-state index is 13.0. The number of hydrogen-bond acceptors (Lipinski definition) is 7. The Morgan fingerprint density at radius 2 is 2.03 bits per heavy atom. The van der Waals surface area contributed by atoms with Crippen molar-refractivity contribution in [3.63, 3.8) is 0 Å². The van der Waals surface area contributed by atoms with E-state index in [-0.39, 0.29) is 35.5 Å². The summed E-state index contributed by atoms with van der Waals surface area (Å²) in [7, 11) is -3.69. The number of halogens is 3. The summed E-state index contributed by atoms with van der Waals surface area (Å²) in [6.45, 7) is 3.92. The summed E-state index contributed by atoms with van der Waals surface area (Å²) in [4.78, 5) is 0.170. The maximum absolute atomic E-state index is 13.0. The number of ether oxygens (including phenoxy) is 1. The molecule has 1 aliphatic heterocycles. The Balaban J connectivity index is 1.45. The summed E-state index contributed by atoms with van der Waals surface area (Å²) >= 11 is 0. The van der Waals surface area contributed by atoms with E-state index in [1.165, 1.54) is 16.4 Å². The minimum atomic E-state index is -4.70. The molecule has 0 bridgehead atoms. The Bertz CT molecular complexity index is 1170. The molecule has 0 amide bonds. The maximum Gasteiger partial charge on any atom is 0.453 e. The zero-order valence-corrected chi connectivity index (χ0v) is 16.8. The highest BCUT2D eigenvalue weighted by Gasteiger charge is 2.38. The predicted molar refractivity (Wildman–Crippen MR) is 96.2 cm³/mol. The Kier molecular flexibility index (Phi) is 4.92. The summed E-state index contributed by atoms with van der Waals surface area (Å²) in [6.07, 6.45) is -4.15. The lowest BCUT2D eigenvalue weighted by atomic mass is 10.1. The van der Waals surface area contributed by atoms with E-state index in [2.05, 4.69) is 25.5 Å². The van der Waals surface area contributed by atoms with Crippen molar-refractivity contribution in [2.75, 3.05) is 19.7 Å². The summed E-state index contributed by atoms with van der Waals surface area (Å²) in [5.74, 6) is -1.41. The molecule has 162 valence electrons. The third kappa shape index (κ3) is 3.60. The van der Waals surface area contributed by atoms with Crippen LogP contribution in [0.25, 0.3) is 5.65 Å². The fourth-order valence-electron chi connectivity index (χ4n) is 3.43. The van der Waals surface area contributed by atoms with Gasteiger partial charge in [0, 0.05) is 25.1 Å². The number of alkyl halides is 3. The van der Waals surface area contributed by atoms with Crippen LogP contribution < -0.4 is 4.74 Å². The van der Waals surface area contributed by atoms with Crippen molar-refractivity contribution in [1.82, 2.24) is 34.3 Å². The van der Waals surface area contributed by atoms with Gasteiger partial charge in [0.25, 0.3) is 5.82 Å². The van der Waals surface area contributed by atoms with Crippen molar-refractivity contribution >= 4 is 15.7 Å². The highest BCUT2D eigenvalue weighted by molar-refractivity contribution is 7.89. The molecule has 0 radical (unpaired) electrons. The number of hydrogen-bond donors (Lipinski definition) is 1. The third-order valence-corrected chi connectivity index (χ3v) is 6.99. The first-order chi connectivity index (χ1) is 14.1. The molecule has 1 unspecified atom stereocenters. The first-order valence-electron chi connectivity index (χ1n) is 9.01. The molecule has 1 atom stereocenters. The van der Waals surface area contributed by atoms with Gasteiger partial charge in [0.15, 0.2) is 5.65 Å². The molecular formula is C16H18F3N7O3S. The largest absolute Gasteiger partial charge is 0.476 e. The molecule has 10 nitrogen and oxygen atoms in total. The van der Waals surface area contributed by atoms with Crippen molar-refractivity contribution in [3.05, 3.63) is 29.3 Å². The number of aryl methyl sites for hydroxylation is 2. The number of nitrogens with one attached hydrogen (secondary N) is 1. The molecule has 0 spiro atoms. The average Bonchev–Trinajstić information content (AvgIpc) is 3.37. The van der Waals surface area contributed by atoms with Gasteiger partial charge < -0.3 is 4.74 Å². The third-order valence-electron chi connectivity index (χ3n) is 4.87. The second-order valence-corrected chi connectivity index (χ2v) is 8.93. The standard InChI is InChI=1S/C16H18F3N7O3S/c1-9-14(10(2)21-20-9)30(27,28)25-6-5-11(7-25)8-29-13-4-3-12-22-23-15(16(17,18)19)26(12)24-13/h3-4,11H,5-8H2,1-2H3,(H,20,21). The van der Waals surface area contributed by atoms with E-state index in [4.69, 9.17) is 4.74 Å². The van der Waals surface area contributed by atoms with Crippen LogP contribution in [0.4, 0.5) is 13.2 Å². The number of aromatic nitrogens is 6. The molecule has 14 heteroatoms. The number of H-pyrrole nitrogens is 1. The molecule has 1 aliphatic rings. The Morgan fingerprint density at radius 3 is 2.70 bits per heavy atom. The van der Waals surface area contributed by atoms with Crippen LogP contribution in [0.1, 0.15) is 23.6 Å². The molecule has 30 heavy (non-hydrogen) atoms. The normalized spacial score (nSPS) is 18.4. The van der Waals surface area contributed by atoms with E-state index in [1.54, 1.807) is 13.8 Å². The Morgan fingerprint density at radius 1 is 1.27 bits per heavy atom. The highest BCUT2D eigenvalue weighted by Crippen LogP contribution is 2.29. The van der Waals surface area contributed by atoms with Crippen molar-refractivity contribution in [2.24, 2.45) is 5.92 Å². The minimum absolute atomic E-state index is 0.0318. The van der Waals surface area contributed by atoms with E-state index >= 15 is 0 Å². The van der Waals surface area contributed by atoms with E-state index in [1.807, 2.05) is 0 Å². The van der Waals surface area contributed by atoms with E-state index < -0.39 is 22.0 Å². The molecule has 1 N–H and O–H groups in total. The van der Waals surface area contributed by atoms with Crippen LogP contribution in [0, 0.1) is 19.8 Å². The highest BCUT2D eigenvalue weighted by atomic mass is 32.2. The molecular weight excluding hydrogens is 427 g/mol. The van der Waals surface area contributed by atoms with Crippen molar-refractivity contribution in [2.45, 2.75) is 31.3 Å². The van der Waals surface area contributed by atoms with Crippen LogP contribution in [0.5, 0.6) is 5.88 Å². The lowest BCUT2D eigenvalue weighted by Gasteiger charge is -2.17. The fraction of sp³-hybridized carbons (Fsp3) is 0.500. The molecule has 3 aromatic heterocycles. The molecule has 4 rings (SSSR count). The van der Waals surface area contributed by atoms with Crippen molar-refractivity contribution in [1.29, 1.82) is 0 Å². The van der Waals surface area contributed by atoms with Crippen LogP contribution in [0.2, 0.25) is 0 Å². The van der Waals surface area contributed by atoms with Crippen molar-refractivity contribution < 1.29 is 26.3 Å². The van der Waals surface area contributed by atoms with Crippen LogP contribution in [0.15, 0.2) is 17.0 Å². The van der Waals surface area contributed by atoms with Crippen LogP contribution in [0.3, 0.4) is 0 Å². The predicted octanol–water partition coefficient (Wildman–Crippen LogP) is 1.57. The molecule has 4 heterocycles. The van der Waals surface area contributed by atoms with Gasteiger partial charge in [-0.3, -0.25) is 5.10 Å². The number of sulfonamides is 1. The van der Waals surface area contributed by atoms with Crippen LogP contribution in [-0.4, -0.2) is 62.4 Å². The number of fused-ring (bicyclic) bond motifs is 1. The van der Waals surface area contributed by atoms with Gasteiger partial charge in [-0.25, -0.2) is 8.42 Å². The molecule has 1 saturated heterocycles. The van der Waals surface area contributed by atoms with Gasteiger partial charge in [0.1, 0.15) is 4.90 Å². The summed E-state index contributed by atoms with van der Waals surface area (Å²) < 4.78 is 72.2. The fourth-order valence-corrected chi connectivity index (χ4v) is 5.29. The second kappa shape index (κ2) is 7.19. The lowest BCUT2D eigenvalue weighted by molar-refractivity contribution is -0.146. The van der Waals surface area contributed by atoms with Gasteiger partial charge in [-0.2, -0.15) is 27.1 Å². The lowest BCUT2D eigenvalue weighted by Crippen LogP contribution is -2.30. The van der Waals surface area contributed by atoms with Gasteiger partial charge in [-0.15, -0.1) is 15.3 Å². The van der Waals surface area contributed by atoms with Gasteiger partial charge in [0.05, 0.1) is 18.0 Å². The summed E-state index contributed by atoms with van der Waals surface area (Å²) in [5, 5.41) is 16.9. The summed E-state index contributed by atoms with van der Waals surface area (Å²) in [5.41, 5.74) is 0.817.